The van der Waals surface area contributed by atoms with E-state index in [4.69, 9.17) is 9.47 Å². The molecule has 1 aromatic carbocycles. The number of rotatable bonds is 9. The van der Waals surface area contributed by atoms with Crippen molar-refractivity contribution in [2.24, 2.45) is 0 Å². The standard InChI is InChI=1S/C19H30O2/c1-3-5-10-14-19(15-11-6-4-2)18(20-16-21-19)17-12-8-7-9-13-17/h7-9,12-13,18H,3-6,10-11,14-16H2,1-2H3/t18-/m0/s1. The summed E-state index contributed by atoms with van der Waals surface area (Å²) >= 11 is 0. The summed E-state index contributed by atoms with van der Waals surface area (Å²) in [6.07, 6.45) is 9.86. The van der Waals surface area contributed by atoms with E-state index in [1.165, 1.54) is 44.1 Å². The summed E-state index contributed by atoms with van der Waals surface area (Å²) in [6.45, 7) is 4.95. The fraction of sp³-hybridized carbons (Fsp3) is 0.684. The van der Waals surface area contributed by atoms with Crippen LogP contribution in [-0.4, -0.2) is 12.4 Å². The van der Waals surface area contributed by atoms with Gasteiger partial charge in [-0.25, -0.2) is 0 Å². The van der Waals surface area contributed by atoms with Crippen LogP contribution in [0.5, 0.6) is 0 Å². The Morgan fingerprint density at radius 3 is 2.14 bits per heavy atom. The van der Waals surface area contributed by atoms with Crippen LogP contribution in [0, 0.1) is 0 Å². The van der Waals surface area contributed by atoms with Gasteiger partial charge in [-0.2, -0.15) is 0 Å². The molecular weight excluding hydrogens is 260 g/mol. The van der Waals surface area contributed by atoms with Crippen molar-refractivity contribution in [2.45, 2.75) is 76.9 Å². The molecule has 1 heterocycles. The molecular formula is C19H30O2. The first-order valence-corrected chi connectivity index (χ1v) is 8.63. The smallest absolute Gasteiger partial charge is 0.148 e. The second kappa shape index (κ2) is 8.55. The summed E-state index contributed by atoms with van der Waals surface area (Å²) in [7, 11) is 0. The molecule has 0 N–H and O–H groups in total. The van der Waals surface area contributed by atoms with Crippen molar-refractivity contribution < 1.29 is 9.47 Å². The van der Waals surface area contributed by atoms with Gasteiger partial charge in [-0.05, 0) is 18.4 Å². The SMILES string of the molecule is CCCCCC1(CCCCC)OCO[C@H]1c1ccccc1. The maximum Gasteiger partial charge on any atom is 0.148 e. The van der Waals surface area contributed by atoms with E-state index >= 15 is 0 Å². The van der Waals surface area contributed by atoms with Crippen LogP contribution >= 0.6 is 0 Å². The molecule has 0 aliphatic carbocycles. The van der Waals surface area contributed by atoms with Gasteiger partial charge in [0.05, 0.1) is 0 Å². The van der Waals surface area contributed by atoms with Gasteiger partial charge in [0.25, 0.3) is 0 Å². The van der Waals surface area contributed by atoms with Crippen LogP contribution in [-0.2, 0) is 9.47 Å². The summed E-state index contributed by atoms with van der Waals surface area (Å²) in [6, 6.07) is 10.6. The lowest BCUT2D eigenvalue weighted by Gasteiger charge is -2.33. The number of hydrogen-bond acceptors (Lipinski definition) is 2. The number of unbranched alkanes of at least 4 members (excludes halogenated alkanes) is 4. The predicted octanol–water partition coefficient (Wildman–Crippen LogP) is 5.63. The highest BCUT2D eigenvalue weighted by molar-refractivity contribution is 5.21. The molecule has 0 radical (unpaired) electrons. The van der Waals surface area contributed by atoms with Crippen LogP contribution in [0.3, 0.4) is 0 Å². The molecule has 1 aliphatic rings. The second-order valence-electron chi connectivity index (χ2n) is 6.20. The van der Waals surface area contributed by atoms with E-state index in [0.29, 0.717) is 6.79 Å². The average Bonchev–Trinajstić information content (AvgIpc) is 2.93. The summed E-state index contributed by atoms with van der Waals surface area (Å²) in [5.41, 5.74) is 1.16. The largest absolute Gasteiger partial charge is 0.346 e. The Morgan fingerprint density at radius 2 is 1.57 bits per heavy atom. The van der Waals surface area contributed by atoms with Crippen molar-refractivity contribution in [1.82, 2.24) is 0 Å². The van der Waals surface area contributed by atoms with Crippen LogP contribution < -0.4 is 0 Å². The van der Waals surface area contributed by atoms with Crippen molar-refractivity contribution in [3.8, 4) is 0 Å². The predicted molar refractivity (Wildman–Crippen MR) is 87.2 cm³/mol. The zero-order valence-corrected chi connectivity index (χ0v) is 13.6. The Kier molecular flexibility index (Phi) is 6.72. The lowest BCUT2D eigenvalue weighted by molar-refractivity contribution is -0.0259. The van der Waals surface area contributed by atoms with Gasteiger partial charge in [0.1, 0.15) is 18.5 Å². The topological polar surface area (TPSA) is 18.5 Å². The third-order valence-corrected chi connectivity index (χ3v) is 4.57. The monoisotopic (exact) mass is 290 g/mol. The van der Waals surface area contributed by atoms with Crippen molar-refractivity contribution >= 4 is 0 Å². The van der Waals surface area contributed by atoms with Gasteiger partial charge in [0.2, 0.25) is 0 Å². The Balaban J connectivity index is 2.11. The van der Waals surface area contributed by atoms with E-state index in [1.807, 2.05) is 0 Å². The van der Waals surface area contributed by atoms with E-state index < -0.39 is 0 Å². The Labute approximate surface area is 129 Å². The van der Waals surface area contributed by atoms with Gasteiger partial charge in [-0.3, -0.25) is 0 Å². The van der Waals surface area contributed by atoms with E-state index in [1.54, 1.807) is 0 Å². The highest BCUT2D eigenvalue weighted by Gasteiger charge is 2.45. The van der Waals surface area contributed by atoms with Crippen LogP contribution in [0.1, 0.15) is 76.9 Å². The molecule has 1 saturated heterocycles. The van der Waals surface area contributed by atoms with Gasteiger partial charge in [-0.15, -0.1) is 0 Å². The first-order valence-electron chi connectivity index (χ1n) is 8.63. The van der Waals surface area contributed by atoms with E-state index in [-0.39, 0.29) is 11.7 Å². The molecule has 118 valence electrons. The maximum absolute atomic E-state index is 6.18. The Bertz CT molecular complexity index is 378. The molecule has 2 rings (SSSR count). The van der Waals surface area contributed by atoms with Crippen LogP contribution in [0.4, 0.5) is 0 Å². The summed E-state index contributed by atoms with van der Waals surface area (Å²) in [5.74, 6) is 0. The zero-order valence-electron chi connectivity index (χ0n) is 13.6. The fourth-order valence-electron chi connectivity index (χ4n) is 3.35. The number of benzene rings is 1. The third kappa shape index (κ3) is 4.31. The normalized spacial score (nSPS) is 20.8. The van der Waals surface area contributed by atoms with E-state index in [9.17, 15) is 0 Å². The molecule has 21 heavy (non-hydrogen) atoms. The molecule has 2 nitrogen and oxygen atoms in total. The first-order chi connectivity index (χ1) is 10.3. The molecule has 0 amide bonds. The molecule has 0 spiro atoms. The molecule has 1 atom stereocenters. The lowest BCUT2D eigenvalue weighted by atomic mass is 9.82. The van der Waals surface area contributed by atoms with Crippen molar-refractivity contribution in [2.75, 3.05) is 6.79 Å². The second-order valence-corrected chi connectivity index (χ2v) is 6.20. The molecule has 0 bridgehead atoms. The summed E-state index contributed by atoms with van der Waals surface area (Å²) < 4.78 is 12.2. The summed E-state index contributed by atoms with van der Waals surface area (Å²) in [5, 5.41) is 0. The number of ether oxygens (including phenoxy) is 2. The van der Waals surface area contributed by atoms with Crippen LogP contribution in [0.25, 0.3) is 0 Å². The Hall–Kier alpha value is -0.860. The maximum atomic E-state index is 6.18. The molecule has 0 aromatic heterocycles. The van der Waals surface area contributed by atoms with E-state index in [2.05, 4.69) is 44.2 Å². The van der Waals surface area contributed by atoms with Gasteiger partial charge < -0.3 is 9.47 Å². The van der Waals surface area contributed by atoms with Crippen molar-refractivity contribution in [3.63, 3.8) is 0 Å². The molecule has 0 saturated carbocycles. The highest BCUT2D eigenvalue weighted by Crippen LogP contribution is 2.44. The van der Waals surface area contributed by atoms with E-state index in [0.717, 1.165) is 12.8 Å². The third-order valence-electron chi connectivity index (χ3n) is 4.57. The quantitative estimate of drug-likeness (QED) is 0.549. The average molecular weight is 290 g/mol. The van der Waals surface area contributed by atoms with Gasteiger partial charge >= 0.3 is 0 Å². The summed E-state index contributed by atoms with van der Waals surface area (Å²) in [4.78, 5) is 0. The van der Waals surface area contributed by atoms with Crippen LogP contribution in [0.2, 0.25) is 0 Å². The molecule has 1 aromatic rings. The van der Waals surface area contributed by atoms with Gasteiger partial charge in [0.15, 0.2) is 0 Å². The molecule has 1 aliphatic heterocycles. The number of hydrogen-bond donors (Lipinski definition) is 0. The minimum Gasteiger partial charge on any atom is -0.346 e. The van der Waals surface area contributed by atoms with Crippen molar-refractivity contribution in [3.05, 3.63) is 35.9 Å². The fourth-order valence-corrected chi connectivity index (χ4v) is 3.35. The van der Waals surface area contributed by atoms with Crippen molar-refractivity contribution in [1.29, 1.82) is 0 Å². The molecule has 1 fully saturated rings. The minimum absolute atomic E-state index is 0.104. The zero-order chi connectivity index (χ0) is 15.0. The molecule has 2 heteroatoms. The highest BCUT2D eigenvalue weighted by atomic mass is 16.7. The van der Waals surface area contributed by atoms with Gasteiger partial charge in [-0.1, -0.05) is 82.7 Å². The minimum atomic E-state index is -0.105. The van der Waals surface area contributed by atoms with Gasteiger partial charge in [0, 0.05) is 0 Å². The Morgan fingerprint density at radius 1 is 0.952 bits per heavy atom. The first kappa shape index (κ1) is 16.5. The molecule has 0 unspecified atom stereocenters. The van der Waals surface area contributed by atoms with Crippen LogP contribution in [0.15, 0.2) is 30.3 Å². The lowest BCUT2D eigenvalue weighted by Crippen LogP contribution is -2.34.